The second-order valence-electron chi connectivity index (χ2n) is 3.96. The van der Waals surface area contributed by atoms with Crippen molar-refractivity contribution in [2.24, 2.45) is 0 Å². The van der Waals surface area contributed by atoms with Gasteiger partial charge in [-0.2, -0.15) is 0 Å². The summed E-state index contributed by atoms with van der Waals surface area (Å²) in [6.45, 7) is 8.85. The highest BCUT2D eigenvalue weighted by Gasteiger charge is 2.23. The van der Waals surface area contributed by atoms with Gasteiger partial charge in [0.05, 0.1) is 13.2 Å². The molecule has 1 heterocycles. The van der Waals surface area contributed by atoms with Crippen LogP contribution in [0.2, 0.25) is 0 Å². The van der Waals surface area contributed by atoms with Gasteiger partial charge < -0.3 is 14.4 Å². The Kier molecular flexibility index (Phi) is 3.14. The van der Waals surface area contributed by atoms with E-state index in [2.05, 4.69) is 0 Å². The zero-order chi connectivity index (χ0) is 9.90. The summed E-state index contributed by atoms with van der Waals surface area (Å²) in [6.07, 6.45) is -0.271. The van der Waals surface area contributed by atoms with Crippen molar-refractivity contribution in [1.82, 2.24) is 4.90 Å². The molecule has 0 N–H and O–H groups in total. The quantitative estimate of drug-likeness (QED) is 0.574. The molecule has 75 valence electrons. The summed E-state index contributed by atoms with van der Waals surface area (Å²) in [7, 11) is 0. The number of nitrogens with zero attached hydrogens (tertiary/aromatic N) is 1. The standard InChI is InChI=1S/C9H16NO3/c1-9(2,3)13-8(11)10-4-6-12-7-5-10/h6H,4-5,7H2,1-3H3. The van der Waals surface area contributed by atoms with E-state index in [-0.39, 0.29) is 6.09 Å². The molecule has 1 fully saturated rings. The lowest BCUT2D eigenvalue weighted by Crippen LogP contribution is -2.42. The Morgan fingerprint density at radius 3 is 2.69 bits per heavy atom. The smallest absolute Gasteiger partial charge is 0.410 e. The third-order valence-electron chi connectivity index (χ3n) is 1.54. The van der Waals surface area contributed by atoms with Gasteiger partial charge in [-0.15, -0.1) is 0 Å². The Morgan fingerprint density at radius 2 is 2.23 bits per heavy atom. The average Bonchev–Trinajstić information content (AvgIpc) is 2.03. The minimum Gasteiger partial charge on any atom is -0.444 e. The van der Waals surface area contributed by atoms with E-state index in [1.54, 1.807) is 11.5 Å². The normalized spacial score (nSPS) is 18.5. The fourth-order valence-corrected chi connectivity index (χ4v) is 0.972. The van der Waals surface area contributed by atoms with Crippen LogP contribution in [0.5, 0.6) is 0 Å². The van der Waals surface area contributed by atoms with Gasteiger partial charge in [0, 0.05) is 6.54 Å². The average molecular weight is 186 g/mol. The zero-order valence-corrected chi connectivity index (χ0v) is 8.37. The van der Waals surface area contributed by atoms with E-state index in [1.165, 1.54) is 0 Å². The monoisotopic (exact) mass is 186 g/mol. The van der Waals surface area contributed by atoms with Gasteiger partial charge in [0.25, 0.3) is 0 Å². The predicted molar refractivity (Wildman–Crippen MR) is 48.1 cm³/mol. The fraction of sp³-hybridized carbons (Fsp3) is 0.778. The maximum absolute atomic E-state index is 11.4. The van der Waals surface area contributed by atoms with Gasteiger partial charge in [-0.3, -0.25) is 0 Å². The number of ether oxygens (including phenoxy) is 2. The summed E-state index contributed by atoms with van der Waals surface area (Å²) in [5.41, 5.74) is -0.421. The molecule has 0 bridgehead atoms. The van der Waals surface area contributed by atoms with Crippen molar-refractivity contribution >= 4 is 6.09 Å². The first kappa shape index (κ1) is 10.3. The lowest BCUT2D eigenvalue weighted by atomic mass is 10.2. The zero-order valence-electron chi connectivity index (χ0n) is 8.37. The van der Waals surface area contributed by atoms with Crippen molar-refractivity contribution in [1.29, 1.82) is 0 Å². The van der Waals surface area contributed by atoms with Crippen LogP contribution in [0.4, 0.5) is 4.79 Å². The Balaban J connectivity index is 2.38. The van der Waals surface area contributed by atoms with Crippen molar-refractivity contribution in [3.8, 4) is 0 Å². The van der Waals surface area contributed by atoms with E-state index < -0.39 is 5.60 Å². The molecule has 13 heavy (non-hydrogen) atoms. The van der Waals surface area contributed by atoms with Crippen LogP contribution in [-0.4, -0.2) is 36.3 Å². The van der Waals surface area contributed by atoms with Crippen molar-refractivity contribution in [3.05, 3.63) is 6.61 Å². The van der Waals surface area contributed by atoms with Crippen LogP contribution in [-0.2, 0) is 9.47 Å². The van der Waals surface area contributed by atoms with Crippen molar-refractivity contribution < 1.29 is 14.3 Å². The van der Waals surface area contributed by atoms with E-state index in [0.717, 1.165) is 0 Å². The molecule has 0 atom stereocenters. The first-order valence-corrected chi connectivity index (χ1v) is 4.40. The lowest BCUT2D eigenvalue weighted by Gasteiger charge is -2.29. The van der Waals surface area contributed by atoms with Crippen molar-refractivity contribution in [3.63, 3.8) is 0 Å². The molecule has 0 unspecified atom stereocenters. The summed E-state index contributed by atoms with van der Waals surface area (Å²) in [4.78, 5) is 13.1. The molecule has 4 nitrogen and oxygen atoms in total. The molecule has 0 aromatic heterocycles. The van der Waals surface area contributed by atoms with Gasteiger partial charge in [-0.05, 0) is 20.8 Å². The Hall–Kier alpha value is -0.770. The number of morpholine rings is 1. The van der Waals surface area contributed by atoms with Crippen LogP contribution < -0.4 is 0 Å². The molecule has 1 aliphatic heterocycles. The molecule has 1 aliphatic rings. The molecule has 0 aromatic carbocycles. The van der Waals surface area contributed by atoms with E-state index in [4.69, 9.17) is 9.47 Å². The topological polar surface area (TPSA) is 38.8 Å². The van der Waals surface area contributed by atoms with E-state index in [1.807, 2.05) is 20.8 Å². The summed E-state index contributed by atoms with van der Waals surface area (Å²) in [6, 6.07) is 0. The molecule has 0 aliphatic carbocycles. The second-order valence-corrected chi connectivity index (χ2v) is 3.96. The third kappa shape index (κ3) is 3.63. The van der Waals surface area contributed by atoms with Crippen LogP contribution in [0.3, 0.4) is 0 Å². The van der Waals surface area contributed by atoms with E-state index in [0.29, 0.717) is 19.7 Å². The highest BCUT2D eigenvalue weighted by atomic mass is 16.6. The van der Waals surface area contributed by atoms with Gasteiger partial charge >= 0.3 is 6.09 Å². The molecule has 1 amide bonds. The summed E-state index contributed by atoms with van der Waals surface area (Å²) in [5.74, 6) is 0. The number of hydrogen-bond donors (Lipinski definition) is 0. The molecule has 0 saturated carbocycles. The largest absolute Gasteiger partial charge is 0.444 e. The summed E-state index contributed by atoms with van der Waals surface area (Å²) < 4.78 is 10.2. The fourth-order valence-electron chi connectivity index (χ4n) is 0.972. The maximum Gasteiger partial charge on any atom is 0.410 e. The van der Waals surface area contributed by atoms with E-state index >= 15 is 0 Å². The van der Waals surface area contributed by atoms with Gasteiger partial charge in [-0.1, -0.05) is 0 Å². The number of hydrogen-bond acceptors (Lipinski definition) is 3. The predicted octanol–water partition coefficient (Wildman–Crippen LogP) is 1.42. The molecular formula is C9H16NO3. The number of rotatable bonds is 0. The minimum absolute atomic E-state index is 0.271. The summed E-state index contributed by atoms with van der Waals surface area (Å²) in [5, 5.41) is 0. The third-order valence-corrected chi connectivity index (χ3v) is 1.54. The van der Waals surface area contributed by atoms with Crippen LogP contribution in [0.1, 0.15) is 20.8 Å². The van der Waals surface area contributed by atoms with E-state index in [9.17, 15) is 4.79 Å². The van der Waals surface area contributed by atoms with Crippen molar-refractivity contribution in [2.75, 3.05) is 19.7 Å². The molecule has 0 aromatic rings. The molecular weight excluding hydrogens is 170 g/mol. The Bertz CT molecular complexity index is 180. The SMILES string of the molecule is CC(C)(C)OC(=O)N1C[CH]OCC1. The molecule has 1 saturated heterocycles. The highest BCUT2D eigenvalue weighted by Crippen LogP contribution is 2.11. The first-order chi connectivity index (χ1) is 5.99. The Labute approximate surface area is 78.8 Å². The summed E-state index contributed by atoms with van der Waals surface area (Å²) >= 11 is 0. The van der Waals surface area contributed by atoms with Gasteiger partial charge in [0.1, 0.15) is 12.2 Å². The molecule has 1 rings (SSSR count). The number of amides is 1. The second kappa shape index (κ2) is 3.96. The highest BCUT2D eigenvalue weighted by molar-refractivity contribution is 5.68. The first-order valence-electron chi connectivity index (χ1n) is 4.40. The molecule has 4 heteroatoms. The lowest BCUT2D eigenvalue weighted by molar-refractivity contribution is 0.00744. The number of carbonyl (C=O) groups is 1. The minimum atomic E-state index is -0.421. The van der Waals surface area contributed by atoms with Crippen LogP contribution in [0.25, 0.3) is 0 Å². The Morgan fingerprint density at radius 1 is 1.54 bits per heavy atom. The number of carbonyl (C=O) groups excluding carboxylic acids is 1. The molecule has 1 radical (unpaired) electrons. The maximum atomic E-state index is 11.4. The van der Waals surface area contributed by atoms with Crippen LogP contribution >= 0.6 is 0 Å². The van der Waals surface area contributed by atoms with Crippen LogP contribution in [0, 0.1) is 6.61 Å². The van der Waals surface area contributed by atoms with Crippen molar-refractivity contribution in [2.45, 2.75) is 26.4 Å². The molecule has 0 spiro atoms. The van der Waals surface area contributed by atoms with Crippen LogP contribution in [0.15, 0.2) is 0 Å². The van der Waals surface area contributed by atoms with Gasteiger partial charge in [0.15, 0.2) is 0 Å². The van der Waals surface area contributed by atoms with Gasteiger partial charge in [-0.25, -0.2) is 4.79 Å². The van der Waals surface area contributed by atoms with Gasteiger partial charge in [0.2, 0.25) is 0 Å².